The summed E-state index contributed by atoms with van der Waals surface area (Å²) in [5, 5.41) is 11.2. The van der Waals surface area contributed by atoms with Crippen molar-refractivity contribution in [3.8, 4) is 17.1 Å². The largest absolute Gasteiger partial charge is 0.508 e. The molecule has 28 heavy (non-hydrogen) atoms. The molecule has 1 fully saturated rings. The predicted molar refractivity (Wildman–Crippen MR) is 111 cm³/mol. The number of carbonyl (C=O) groups is 1. The van der Waals surface area contributed by atoms with E-state index in [4.69, 9.17) is 9.15 Å². The van der Waals surface area contributed by atoms with E-state index in [2.05, 4.69) is 4.90 Å². The van der Waals surface area contributed by atoms with Gasteiger partial charge in [-0.15, -0.1) is 12.4 Å². The van der Waals surface area contributed by atoms with Gasteiger partial charge in [0.05, 0.1) is 6.61 Å². The Morgan fingerprint density at radius 2 is 1.86 bits per heavy atom. The quantitative estimate of drug-likeness (QED) is 0.609. The molecule has 0 unspecified atom stereocenters. The van der Waals surface area contributed by atoms with Crippen LogP contribution in [0.4, 0.5) is 0 Å². The lowest BCUT2D eigenvalue weighted by atomic mass is 10.0. The third-order valence-electron chi connectivity index (χ3n) is 5.03. The maximum absolute atomic E-state index is 12.8. The highest BCUT2D eigenvalue weighted by atomic mass is 35.5. The van der Waals surface area contributed by atoms with E-state index < -0.39 is 5.97 Å². The summed E-state index contributed by atoms with van der Waals surface area (Å²) in [6, 6.07) is 12.9. The first-order chi connectivity index (χ1) is 13.2. The Morgan fingerprint density at radius 3 is 2.54 bits per heavy atom. The number of likely N-dealkylation sites (tertiary alicyclic amines) is 1. The lowest BCUT2D eigenvalue weighted by molar-refractivity contribution is 0.0528. The highest BCUT2D eigenvalue weighted by Gasteiger charge is 2.27. The summed E-state index contributed by atoms with van der Waals surface area (Å²) in [6.07, 6.45) is 2.31. The molecule has 5 nitrogen and oxygen atoms in total. The molecule has 0 atom stereocenters. The molecule has 0 amide bonds. The first-order valence-corrected chi connectivity index (χ1v) is 9.41. The molecule has 1 saturated heterocycles. The molecule has 0 spiro atoms. The van der Waals surface area contributed by atoms with Crippen molar-refractivity contribution in [1.29, 1.82) is 0 Å². The number of fused-ring (bicyclic) bond motifs is 1. The van der Waals surface area contributed by atoms with Crippen LogP contribution in [0.3, 0.4) is 0 Å². The molecule has 1 aliphatic heterocycles. The maximum Gasteiger partial charge on any atom is 0.342 e. The van der Waals surface area contributed by atoms with Gasteiger partial charge in [-0.3, -0.25) is 4.90 Å². The molecule has 2 heterocycles. The zero-order valence-corrected chi connectivity index (χ0v) is 16.6. The molecule has 1 aliphatic rings. The van der Waals surface area contributed by atoms with Crippen LogP contribution in [0.15, 0.2) is 46.9 Å². The minimum Gasteiger partial charge on any atom is -0.508 e. The van der Waals surface area contributed by atoms with Gasteiger partial charge < -0.3 is 14.3 Å². The standard InChI is InChI=1S/C22H23NO4.ClH/c1-2-26-22(25)20-19-16(14-23-12-6-7-13-23)17(24)10-11-18(19)27-21(20)15-8-4-3-5-9-15;/h3-5,8-11,24H,2,6-7,12-14H2,1H3;1H. The molecule has 1 aromatic heterocycles. The first kappa shape index (κ1) is 20.2. The molecule has 148 valence electrons. The molecule has 0 saturated carbocycles. The minimum atomic E-state index is -0.427. The molecule has 3 aromatic rings. The number of ether oxygens (including phenoxy) is 1. The van der Waals surface area contributed by atoms with Crippen LogP contribution in [0, 0.1) is 0 Å². The zero-order chi connectivity index (χ0) is 18.8. The average Bonchev–Trinajstić information content (AvgIpc) is 3.32. The van der Waals surface area contributed by atoms with Gasteiger partial charge in [0.25, 0.3) is 0 Å². The fourth-order valence-corrected chi connectivity index (χ4v) is 3.76. The minimum absolute atomic E-state index is 0. The van der Waals surface area contributed by atoms with Crippen molar-refractivity contribution in [2.24, 2.45) is 0 Å². The van der Waals surface area contributed by atoms with Crippen LogP contribution in [-0.2, 0) is 11.3 Å². The van der Waals surface area contributed by atoms with Gasteiger partial charge in [0, 0.05) is 23.1 Å². The van der Waals surface area contributed by atoms with E-state index in [1.165, 1.54) is 0 Å². The van der Waals surface area contributed by atoms with E-state index in [9.17, 15) is 9.90 Å². The van der Waals surface area contributed by atoms with E-state index in [-0.39, 0.29) is 24.8 Å². The molecule has 0 bridgehead atoms. The fraction of sp³-hybridized carbons (Fsp3) is 0.318. The number of benzene rings is 2. The van der Waals surface area contributed by atoms with Gasteiger partial charge in [0.2, 0.25) is 0 Å². The van der Waals surface area contributed by atoms with Crippen LogP contribution in [0.5, 0.6) is 5.75 Å². The Kier molecular flexibility index (Phi) is 6.27. The Labute approximate surface area is 170 Å². The second-order valence-corrected chi connectivity index (χ2v) is 6.81. The van der Waals surface area contributed by atoms with Crippen LogP contribution in [0.25, 0.3) is 22.3 Å². The molecule has 0 radical (unpaired) electrons. The van der Waals surface area contributed by atoms with Crippen LogP contribution in [-0.4, -0.2) is 35.7 Å². The molecular weight excluding hydrogens is 378 g/mol. The smallest absolute Gasteiger partial charge is 0.342 e. The molecule has 2 aromatic carbocycles. The van der Waals surface area contributed by atoms with Gasteiger partial charge in [-0.1, -0.05) is 30.3 Å². The number of halogens is 1. The summed E-state index contributed by atoms with van der Waals surface area (Å²) >= 11 is 0. The van der Waals surface area contributed by atoms with Crippen molar-refractivity contribution in [2.45, 2.75) is 26.3 Å². The summed E-state index contributed by atoms with van der Waals surface area (Å²) in [5.41, 5.74) is 2.51. The summed E-state index contributed by atoms with van der Waals surface area (Å²) in [6.45, 7) is 4.64. The van der Waals surface area contributed by atoms with E-state index in [1.807, 2.05) is 30.3 Å². The second kappa shape index (κ2) is 8.67. The Bertz CT molecular complexity index is 962. The topological polar surface area (TPSA) is 62.9 Å². The number of phenols is 1. The van der Waals surface area contributed by atoms with Gasteiger partial charge in [-0.2, -0.15) is 0 Å². The molecular formula is C22H24ClNO4. The van der Waals surface area contributed by atoms with Gasteiger partial charge in [0.15, 0.2) is 0 Å². The van der Waals surface area contributed by atoms with Crippen molar-refractivity contribution >= 4 is 29.3 Å². The Morgan fingerprint density at radius 1 is 1.14 bits per heavy atom. The lowest BCUT2D eigenvalue weighted by Crippen LogP contribution is -2.19. The Hall–Kier alpha value is -2.50. The highest BCUT2D eigenvalue weighted by molar-refractivity contribution is 6.10. The van der Waals surface area contributed by atoms with Gasteiger partial charge in [-0.05, 0) is 45.0 Å². The number of carbonyl (C=O) groups excluding carboxylic acids is 1. The number of nitrogens with zero attached hydrogens (tertiary/aromatic N) is 1. The molecule has 0 aliphatic carbocycles. The van der Waals surface area contributed by atoms with Crippen molar-refractivity contribution in [3.05, 3.63) is 53.6 Å². The zero-order valence-electron chi connectivity index (χ0n) is 15.8. The summed E-state index contributed by atoms with van der Waals surface area (Å²) in [4.78, 5) is 15.1. The van der Waals surface area contributed by atoms with Crippen molar-refractivity contribution in [2.75, 3.05) is 19.7 Å². The third-order valence-corrected chi connectivity index (χ3v) is 5.03. The lowest BCUT2D eigenvalue weighted by Gasteiger charge is -2.16. The van der Waals surface area contributed by atoms with Crippen molar-refractivity contribution < 1.29 is 19.1 Å². The van der Waals surface area contributed by atoms with Crippen LogP contribution in [0.2, 0.25) is 0 Å². The van der Waals surface area contributed by atoms with Gasteiger partial charge in [0.1, 0.15) is 22.7 Å². The first-order valence-electron chi connectivity index (χ1n) is 9.41. The normalized spacial score (nSPS) is 14.2. The number of furan rings is 1. The summed E-state index contributed by atoms with van der Waals surface area (Å²) in [5.74, 6) is 0.237. The summed E-state index contributed by atoms with van der Waals surface area (Å²) in [7, 11) is 0. The van der Waals surface area contributed by atoms with E-state index in [1.54, 1.807) is 19.1 Å². The SMILES string of the molecule is CCOC(=O)c1c(-c2ccccc2)oc2ccc(O)c(CN3CCCC3)c12.Cl. The molecule has 4 rings (SSSR count). The highest BCUT2D eigenvalue weighted by Crippen LogP contribution is 2.39. The van der Waals surface area contributed by atoms with E-state index in [0.717, 1.165) is 37.1 Å². The molecule has 6 heteroatoms. The molecule has 1 N–H and O–H groups in total. The van der Waals surface area contributed by atoms with Gasteiger partial charge >= 0.3 is 5.97 Å². The number of phenolic OH excluding ortho intramolecular Hbond substituents is 1. The number of esters is 1. The monoisotopic (exact) mass is 401 g/mol. The number of hydrogen-bond donors (Lipinski definition) is 1. The maximum atomic E-state index is 12.8. The fourth-order valence-electron chi connectivity index (χ4n) is 3.76. The van der Waals surface area contributed by atoms with Crippen LogP contribution in [0.1, 0.15) is 35.7 Å². The third kappa shape index (κ3) is 3.73. The number of hydrogen-bond acceptors (Lipinski definition) is 5. The van der Waals surface area contributed by atoms with Crippen LogP contribution >= 0.6 is 12.4 Å². The predicted octanol–water partition coefficient (Wildman–Crippen LogP) is 5.00. The van der Waals surface area contributed by atoms with E-state index >= 15 is 0 Å². The van der Waals surface area contributed by atoms with Gasteiger partial charge in [-0.25, -0.2) is 4.79 Å². The van der Waals surface area contributed by atoms with Crippen molar-refractivity contribution in [3.63, 3.8) is 0 Å². The van der Waals surface area contributed by atoms with Crippen molar-refractivity contribution in [1.82, 2.24) is 4.90 Å². The van der Waals surface area contributed by atoms with Crippen LogP contribution < -0.4 is 0 Å². The summed E-state index contributed by atoms with van der Waals surface area (Å²) < 4.78 is 11.4. The van der Waals surface area contributed by atoms with E-state index in [0.29, 0.717) is 28.8 Å². The number of rotatable bonds is 5. The average molecular weight is 402 g/mol. The Balaban J connectivity index is 0.00000225. The second-order valence-electron chi connectivity index (χ2n) is 6.81. The number of aromatic hydroxyl groups is 1.